The van der Waals surface area contributed by atoms with Gasteiger partial charge in [-0.25, -0.2) is 0 Å². The van der Waals surface area contributed by atoms with Gasteiger partial charge in [0.1, 0.15) is 5.03 Å². The van der Waals surface area contributed by atoms with Crippen LogP contribution in [0.2, 0.25) is 0 Å². The normalized spacial score (nSPS) is 10.5. The number of aryl methyl sites for hydroxylation is 2. The molecule has 0 amide bonds. The lowest BCUT2D eigenvalue weighted by molar-refractivity contribution is 0.112. The molecule has 0 atom stereocenters. The van der Waals surface area contributed by atoms with Crippen molar-refractivity contribution in [3.63, 3.8) is 0 Å². The van der Waals surface area contributed by atoms with Crippen LogP contribution in [0.3, 0.4) is 0 Å². The van der Waals surface area contributed by atoms with Crippen LogP contribution in [-0.2, 0) is 12.8 Å². The lowest BCUT2D eigenvalue weighted by atomic mass is 10.2. The first-order valence-corrected chi connectivity index (χ1v) is 6.36. The summed E-state index contributed by atoms with van der Waals surface area (Å²) in [5, 5.41) is 5.19. The Bertz CT molecular complexity index is 520. The quantitative estimate of drug-likeness (QED) is 0.614. The van der Waals surface area contributed by atoms with Gasteiger partial charge in [0.15, 0.2) is 6.29 Å². The summed E-state index contributed by atoms with van der Waals surface area (Å²) in [6.07, 6.45) is 0.885. The summed E-state index contributed by atoms with van der Waals surface area (Å²) in [7, 11) is 1.87. The van der Waals surface area contributed by atoms with E-state index in [1.165, 1.54) is 5.56 Å². The van der Waals surface area contributed by atoms with Crippen molar-refractivity contribution < 1.29 is 4.79 Å². The van der Waals surface area contributed by atoms with E-state index in [0.717, 1.165) is 22.8 Å². The van der Waals surface area contributed by atoms with E-state index in [2.05, 4.69) is 17.2 Å². The summed E-state index contributed by atoms with van der Waals surface area (Å²) in [5.74, 6) is 0.848. The maximum atomic E-state index is 11.0. The molecule has 1 heterocycles. The van der Waals surface area contributed by atoms with Crippen LogP contribution in [0, 0.1) is 6.92 Å². The smallest absolute Gasteiger partial charge is 0.154 e. The van der Waals surface area contributed by atoms with Gasteiger partial charge in [-0.1, -0.05) is 30.3 Å². The van der Waals surface area contributed by atoms with Crippen LogP contribution < -0.4 is 0 Å². The van der Waals surface area contributed by atoms with E-state index in [0.29, 0.717) is 5.56 Å². The number of thioether (sulfide) groups is 1. The van der Waals surface area contributed by atoms with Crippen LogP contribution in [0.4, 0.5) is 0 Å². The average molecular weight is 246 g/mol. The maximum absolute atomic E-state index is 11.0. The van der Waals surface area contributed by atoms with E-state index in [-0.39, 0.29) is 0 Å². The number of hydrogen-bond acceptors (Lipinski definition) is 3. The lowest BCUT2D eigenvalue weighted by Crippen LogP contribution is -1.94. The van der Waals surface area contributed by atoms with Crippen molar-refractivity contribution in [3.8, 4) is 0 Å². The van der Waals surface area contributed by atoms with Crippen molar-refractivity contribution in [1.82, 2.24) is 9.78 Å². The minimum Gasteiger partial charge on any atom is -0.298 e. The molecule has 2 aromatic rings. The zero-order valence-corrected chi connectivity index (χ0v) is 10.7. The van der Waals surface area contributed by atoms with Crippen molar-refractivity contribution in [2.75, 3.05) is 0 Å². The molecule has 0 aliphatic carbocycles. The number of benzene rings is 1. The molecule has 0 spiro atoms. The van der Waals surface area contributed by atoms with E-state index >= 15 is 0 Å². The molecular weight excluding hydrogens is 232 g/mol. The number of hydrogen-bond donors (Lipinski definition) is 0. The molecule has 0 radical (unpaired) electrons. The standard InChI is InChI=1S/C13H14N2OS/c1-10-12(8-16)13(15(2)14-10)17-9-11-6-4-3-5-7-11/h3-8H,9H2,1-2H3. The Hall–Kier alpha value is -1.55. The Labute approximate surface area is 105 Å². The second-order valence-electron chi connectivity index (χ2n) is 3.82. The zero-order chi connectivity index (χ0) is 12.3. The van der Waals surface area contributed by atoms with Gasteiger partial charge in [-0.2, -0.15) is 5.10 Å². The first kappa shape index (κ1) is 11.9. The highest BCUT2D eigenvalue weighted by Crippen LogP contribution is 2.26. The summed E-state index contributed by atoms with van der Waals surface area (Å²) in [5.41, 5.74) is 2.74. The molecule has 0 unspecified atom stereocenters. The van der Waals surface area contributed by atoms with Gasteiger partial charge in [-0.3, -0.25) is 9.48 Å². The Morgan fingerprint density at radius 3 is 2.71 bits per heavy atom. The summed E-state index contributed by atoms with van der Waals surface area (Å²) < 4.78 is 1.77. The highest BCUT2D eigenvalue weighted by Gasteiger charge is 2.12. The molecule has 0 aliphatic rings. The second kappa shape index (κ2) is 5.19. The summed E-state index contributed by atoms with van der Waals surface area (Å²) in [6.45, 7) is 1.86. The highest BCUT2D eigenvalue weighted by molar-refractivity contribution is 7.98. The molecule has 1 aromatic heterocycles. The van der Waals surface area contributed by atoms with Crippen LogP contribution in [0.25, 0.3) is 0 Å². The SMILES string of the molecule is Cc1nn(C)c(SCc2ccccc2)c1C=O. The number of carbonyl (C=O) groups excluding carboxylic acids is 1. The molecule has 88 valence electrons. The molecule has 4 heteroatoms. The van der Waals surface area contributed by atoms with Gasteiger partial charge in [0.2, 0.25) is 0 Å². The van der Waals surface area contributed by atoms with Gasteiger partial charge in [0, 0.05) is 12.8 Å². The van der Waals surface area contributed by atoms with Crippen LogP contribution >= 0.6 is 11.8 Å². The highest BCUT2D eigenvalue weighted by atomic mass is 32.2. The van der Waals surface area contributed by atoms with E-state index in [9.17, 15) is 4.79 Å². The van der Waals surface area contributed by atoms with Crippen molar-refractivity contribution in [2.24, 2.45) is 7.05 Å². The van der Waals surface area contributed by atoms with E-state index in [4.69, 9.17) is 0 Å². The largest absolute Gasteiger partial charge is 0.298 e. The topological polar surface area (TPSA) is 34.9 Å². The van der Waals surface area contributed by atoms with Crippen LogP contribution in [0.5, 0.6) is 0 Å². The molecule has 0 fully saturated rings. The Balaban J connectivity index is 2.17. The van der Waals surface area contributed by atoms with E-state index in [1.54, 1.807) is 16.4 Å². The number of nitrogens with zero attached hydrogens (tertiary/aromatic N) is 2. The second-order valence-corrected chi connectivity index (χ2v) is 4.78. The number of aldehydes is 1. The van der Waals surface area contributed by atoms with Crippen molar-refractivity contribution in [1.29, 1.82) is 0 Å². The third kappa shape index (κ3) is 2.58. The molecule has 3 nitrogen and oxygen atoms in total. The Morgan fingerprint density at radius 1 is 1.35 bits per heavy atom. The van der Waals surface area contributed by atoms with Gasteiger partial charge in [0.25, 0.3) is 0 Å². The molecule has 0 saturated heterocycles. The molecular formula is C13H14N2OS. The van der Waals surface area contributed by atoms with Gasteiger partial charge in [0.05, 0.1) is 11.3 Å². The van der Waals surface area contributed by atoms with Crippen molar-refractivity contribution in [3.05, 3.63) is 47.2 Å². The predicted octanol–water partition coefficient (Wildman–Crippen LogP) is 2.83. The maximum Gasteiger partial charge on any atom is 0.154 e. The predicted molar refractivity (Wildman–Crippen MR) is 69.3 cm³/mol. The first-order chi connectivity index (χ1) is 8.22. The average Bonchev–Trinajstić information content (AvgIpc) is 2.62. The summed E-state index contributed by atoms with van der Waals surface area (Å²) >= 11 is 1.64. The van der Waals surface area contributed by atoms with E-state index < -0.39 is 0 Å². The van der Waals surface area contributed by atoms with Crippen LogP contribution in [0.15, 0.2) is 35.4 Å². The number of rotatable bonds is 4. The fourth-order valence-electron chi connectivity index (χ4n) is 1.69. The Kier molecular flexibility index (Phi) is 3.64. The summed E-state index contributed by atoms with van der Waals surface area (Å²) in [4.78, 5) is 11.0. The zero-order valence-electron chi connectivity index (χ0n) is 9.88. The van der Waals surface area contributed by atoms with E-state index in [1.807, 2.05) is 32.2 Å². The molecule has 17 heavy (non-hydrogen) atoms. The monoisotopic (exact) mass is 246 g/mol. The minimum atomic E-state index is 0.702. The first-order valence-electron chi connectivity index (χ1n) is 5.38. The molecule has 2 rings (SSSR count). The van der Waals surface area contributed by atoms with Gasteiger partial charge in [-0.15, -0.1) is 11.8 Å². The molecule has 1 aromatic carbocycles. The number of carbonyl (C=O) groups is 1. The summed E-state index contributed by atoms with van der Waals surface area (Å²) in [6, 6.07) is 10.2. The van der Waals surface area contributed by atoms with Gasteiger partial charge >= 0.3 is 0 Å². The Morgan fingerprint density at radius 2 is 2.06 bits per heavy atom. The van der Waals surface area contributed by atoms with Crippen LogP contribution in [-0.4, -0.2) is 16.1 Å². The number of aromatic nitrogens is 2. The lowest BCUT2D eigenvalue weighted by Gasteiger charge is -2.03. The minimum absolute atomic E-state index is 0.702. The fourth-order valence-corrected chi connectivity index (χ4v) is 2.76. The van der Waals surface area contributed by atoms with Crippen molar-refractivity contribution >= 4 is 18.0 Å². The third-order valence-electron chi connectivity index (χ3n) is 2.55. The molecule has 0 N–H and O–H groups in total. The third-order valence-corrected chi connectivity index (χ3v) is 3.79. The molecule has 0 saturated carbocycles. The fraction of sp³-hybridized carbons (Fsp3) is 0.231. The van der Waals surface area contributed by atoms with Gasteiger partial charge in [-0.05, 0) is 12.5 Å². The molecule has 0 aliphatic heterocycles. The van der Waals surface area contributed by atoms with Crippen LogP contribution in [0.1, 0.15) is 21.6 Å². The molecule has 0 bridgehead atoms. The van der Waals surface area contributed by atoms with Crippen molar-refractivity contribution in [2.45, 2.75) is 17.7 Å². The van der Waals surface area contributed by atoms with Gasteiger partial charge < -0.3 is 0 Å².